The van der Waals surface area contributed by atoms with E-state index < -0.39 is 16.0 Å². The van der Waals surface area contributed by atoms with Crippen LogP contribution in [0, 0.1) is 0 Å². The van der Waals surface area contributed by atoms with E-state index in [1.165, 1.54) is 21.9 Å². The number of ether oxygens (including phenoxy) is 1. The lowest BCUT2D eigenvalue weighted by Gasteiger charge is -2.16. The number of sulfonamides is 1. The molecule has 8 nitrogen and oxygen atoms in total. The minimum atomic E-state index is -3.32. The van der Waals surface area contributed by atoms with E-state index in [4.69, 9.17) is 9.26 Å². The van der Waals surface area contributed by atoms with Crippen molar-refractivity contribution in [3.8, 4) is 10.7 Å². The van der Waals surface area contributed by atoms with Crippen LogP contribution in [0.3, 0.4) is 0 Å². The fourth-order valence-corrected chi connectivity index (χ4v) is 4.48. The molecule has 0 atom stereocenters. The first-order valence-corrected chi connectivity index (χ1v) is 10.8. The fourth-order valence-electron chi connectivity index (χ4n) is 2.87. The summed E-state index contributed by atoms with van der Waals surface area (Å²) in [5, 5.41) is 5.77. The van der Waals surface area contributed by atoms with Gasteiger partial charge in [-0.25, -0.2) is 13.2 Å². The van der Waals surface area contributed by atoms with Gasteiger partial charge in [-0.15, -0.1) is 11.3 Å². The number of thiophene rings is 1. The van der Waals surface area contributed by atoms with E-state index in [-0.39, 0.29) is 12.5 Å². The highest BCUT2D eigenvalue weighted by atomic mass is 32.2. The minimum absolute atomic E-state index is 0.135. The van der Waals surface area contributed by atoms with Crippen LogP contribution in [0.2, 0.25) is 0 Å². The lowest BCUT2D eigenvalue weighted by molar-refractivity contribution is 0.0429. The molecule has 0 saturated heterocycles. The summed E-state index contributed by atoms with van der Waals surface area (Å²) in [6.07, 6.45) is 1.72. The van der Waals surface area contributed by atoms with Gasteiger partial charge in [-0.1, -0.05) is 11.2 Å². The molecule has 0 N–H and O–H groups in total. The maximum atomic E-state index is 12.3. The number of benzene rings is 1. The molecule has 0 fully saturated rings. The summed E-state index contributed by atoms with van der Waals surface area (Å²) in [6.45, 7) is 0.240. The highest BCUT2D eigenvalue weighted by Crippen LogP contribution is 2.31. The Bertz CT molecular complexity index is 1090. The van der Waals surface area contributed by atoms with Gasteiger partial charge in [0, 0.05) is 6.54 Å². The Morgan fingerprint density at radius 2 is 2.22 bits per heavy atom. The monoisotopic (exact) mass is 405 g/mol. The van der Waals surface area contributed by atoms with Crippen LogP contribution in [0.25, 0.3) is 10.7 Å². The summed E-state index contributed by atoms with van der Waals surface area (Å²) in [5.74, 6) is 0.122. The molecule has 2 aromatic heterocycles. The second-order valence-electron chi connectivity index (χ2n) is 5.99. The molecule has 10 heteroatoms. The molecule has 3 heterocycles. The smallest absolute Gasteiger partial charge is 0.338 e. The van der Waals surface area contributed by atoms with Gasteiger partial charge in [-0.2, -0.15) is 4.98 Å². The van der Waals surface area contributed by atoms with Gasteiger partial charge in [-0.3, -0.25) is 4.31 Å². The number of aromatic nitrogens is 2. The molecule has 140 valence electrons. The van der Waals surface area contributed by atoms with Crippen molar-refractivity contribution in [2.24, 2.45) is 0 Å². The molecule has 0 amide bonds. The molecule has 1 aliphatic heterocycles. The summed E-state index contributed by atoms with van der Waals surface area (Å²) < 4.78 is 35.2. The van der Waals surface area contributed by atoms with Gasteiger partial charge in [0.1, 0.15) is 0 Å². The average molecular weight is 405 g/mol. The Balaban J connectivity index is 1.44. The van der Waals surface area contributed by atoms with E-state index in [1.807, 2.05) is 17.5 Å². The topological polar surface area (TPSA) is 103 Å². The lowest BCUT2D eigenvalue weighted by atomic mass is 10.1. The van der Waals surface area contributed by atoms with Gasteiger partial charge in [0.15, 0.2) is 6.61 Å². The number of carbonyl (C=O) groups is 1. The lowest BCUT2D eigenvalue weighted by Crippen LogP contribution is -2.27. The maximum absolute atomic E-state index is 12.3. The minimum Gasteiger partial charge on any atom is -0.452 e. The normalized spacial score (nSPS) is 13.6. The number of esters is 1. The summed E-state index contributed by atoms with van der Waals surface area (Å²) in [4.78, 5) is 17.4. The standard InChI is InChI=1S/C17H15N3O5S2/c1-27(22,23)20-7-6-11-9-12(4-5-13(11)20)17(21)24-10-15-18-16(19-25-15)14-3-2-8-26-14/h2-5,8-9H,6-7,10H2,1H3. The molecule has 4 rings (SSSR count). The Labute approximate surface area is 159 Å². The van der Waals surface area contributed by atoms with Crippen molar-refractivity contribution in [3.63, 3.8) is 0 Å². The van der Waals surface area contributed by atoms with Crippen LogP contribution in [0.1, 0.15) is 21.8 Å². The van der Waals surface area contributed by atoms with Gasteiger partial charge < -0.3 is 9.26 Å². The third kappa shape index (κ3) is 3.58. The Kier molecular flexibility index (Phi) is 4.44. The van der Waals surface area contributed by atoms with E-state index in [9.17, 15) is 13.2 Å². The van der Waals surface area contributed by atoms with Crippen LogP contribution in [-0.2, 0) is 27.8 Å². The first kappa shape index (κ1) is 17.7. The van der Waals surface area contributed by atoms with Crippen molar-refractivity contribution < 1.29 is 22.5 Å². The Morgan fingerprint density at radius 3 is 2.96 bits per heavy atom. The third-order valence-electron chi connectivity index (χ3n) is 4.10. The third-order valence-corrected chi connectivity index (χ3v) is 6.15. The molecule has 0 saturated carbocycles. The first-order valence-electron chi connectivity index (χ1n) is 8.06. The number of fused-ring (bicyclic) bond motifs is 1. The number of nitrogens with zero attached hydrogens (tertiary/aromatic N) is 3. The van der Waals surface area contributed by atoms with E-state index >= 15 is 0 Å². The second-order valence-corrected chi connectivity index (χ2v) is 8.85. The number of carbonyl (C=O) groups excluding carboxylic acids is 1. The van der Waals surface area contributed by atoms with Crippen LogP contribution in [0.4, 0.5) is 5.69 Å². The van der Waals surface area contributed by atoms with E-state index in [2.05, 4.69) is 10.1 Å². The number of hydrogen-bond acceptors (Lipinski definition) is 8. The zero-order chi connectivity index (χ0) is 19.0. The summed E-state index contributed by atoms with van der Waals surface area (Å²) in [7, 11) is -3.32. The summed E-state index contributed by atoms with van der Waals surface area (Å²) >= 11 is 1.48. The van der Waals surface area contributed by atoms with Crippen LogP contribution < -0.4 is 4.31 Å². The molecule has 0 radical (unpaired) electrons. The first-order chi connectivity index (χ1) is 12.9. The van der Waals surface area contributed by atoms with Gasteiger partial charge in [0.2, 0.25) is 15.8 Å². The average Bonchev–Trinajstić information content (AvgIpc) is 3.37. The predicted molar refractivity (Wildman–Crippen MR) is 99.1 cm³/mol. The fraction of sp³-hybridized carbons (Fsp3) is 0.235. The van der Waals surface area contributed by atoms with Gasteiger partial charge in [0.05, 0.1) is 22.4 Å². The predicted octanol–water partition coefficient (Wildman–Crippen LogP) is 2.48. The molecule has 0 unspecified atom stereocenters. The van der Waals surface area contributed by atoms with Gasteiger partial charge >= 0.3 is 5.97 Å². The van der Waals surface area contributed by atoms with E-state index in [0.29, 0.717) is 30.0 Å². The van der Waals surface area contributed by atoms with Gasteiger partial charge in [-0.05, 0) is 41.6 Å². The molecule has 27 heavy (non-hydrogen) atoms. The van der Waals surface area contributed by atoms with Crippen molar-refractivity contribution in [1.82, 2.24) is 10.1 Å². The van der Waals surface area contributed by atoms with Gasteiger partial charge in [0.25, 0.3) is 5.89 Å². The summed E-state index contributed by atoms with van der Waals surface area (Å²) in [5.41, 5.74) is 1.75. The van der Waals surface area contributed by atoms with Crippen molar-refractivity contribution in [3.05, 3.63) is 52.7 Å². The van der Waals surface area contributed by atoms with E-state index in [0.717, 1.165) is 10.4 Å². The van der Waals surface area contributed by atoms with Crippen molar-refractivity contribution in [2.45, 2.75) is 13.0 Å². The second kappa shape index (κ2) is 6.78. The Hall–Kier alpha value is -2.72. The summed E-state index contributed by atoms with van der Waals surface area (Å²) in [6, 6.07) is 8.59. The molecule has 0 aliphatic carbocycles. The van der Waals surface area contributed by atoms with Crippen LogP contribution in [-0.4, -0.2) is 37.3 Å². The number of anilines is 1. The quantitative estimate of drug-likeness (QED) is 0.601. The largest absolute Gasteiger partial charge is 0.452 e. The highest BCUT2D eigenvalue weighted by Gasteiger charge is 2.27. The molecule has 3 aromatic rings. The maximum Gasteiger partial charge on any atom is 0.338 e. The molecular formula is C17H15N3O5S2. The highest BCUT2D eigenvalue weighted by molar-refractivity contribution is 7.92. The molecule has 1 aromatic carbocycles. The number of hydrogen-bond donors (Lipinski definition) is 0. The van der Waals surface area contributed by atoms with Crippen LogP contribution in [0.15, 0.2) is 40.2 Å². The Morgan fingerprint density at radius 1 is 1.37 bits per heavy atom. The SMILES string of the molecule is CS(=O)(=O)N1CCc2cc(C(=O)OCc3nc(-c4cccs4)no3)ccc21. The zero-order valence-electron chi connectivity index (χ0n) is 14.3. The van der Waals surface area contributed by atoms with Crippen molar-refractivity contribution in [1.29, 1.82) is 0 Å². The molecule has 0 bridgehead atoms. The van der Waals surface area contributed by atoms with Crippen molar-refractivity contribution >= 4 is 33.0 Å². The van der Waals surface area contributed by atoms with E-state index in [1.54, 1.807) is 18.2 Å². The molecule has 1 aliphatic rings. The van der Waals surface area contributed by atoms with Crippen LogP contribution >= 0.6 is 11.3 Å². The zero-order valence-corrected chi connectivity index (χ0v) is 15.9. The van der Waals surface area contributed by atoms with Crippen LogP contribution in [0.5, 0.6) is 0 Å². The number of rotatable bonds is 5. The van der Waals surface area contributed by atoms with Crippen molar-refractivity contribution in [2.75, 3.05) is 17.1 Å². The molecular weight excluding hydrogens is 390 g/mol. The molecule has 0 spiro atoms.